The van der Waals surface area contributed by atoms with Crippen molar-refractivity contribution in [3.05, 3.63) is 56.7 Å². The van der Waals surface area contributed by atoms with Crippen molar-refractivity contribution in [3.8, 4) is 5.82 Å². The summed E-state index contributed by atoms with van der Waals surface area (Å²) in [6.07, 6.45) is 2.08. The van der Waals surface area contributed by atoms with Gasteiger partial charge in [0.2, 0.25) is 5.95 Å². The molecule has 1 aromatic carbocycles. The van der Waals surface area contributed by atoms with Gasteiger partial charge in [-0.2, -0.15) is 15.1 Å². The van der Waals surface area contributed by atoms with E-state index in [0.29, 0.717) is 34.0 Å². The number of anilines is 3. The second-order valence-corrected chi connectivity index (χ2v) is 7.21. The molecule has 0 spiro atoms. The molecule has 0 fully saturated rings. The molecule has 0 aliphatic carbocycles. The molecule has 12 heteroatoms. The minimum absolute atomic E-state index is 0.0292. The van der Waals surface area contributed by atoms with Crippen LogP contribution in [0.4, 0.5) is 17.6 Å². The van der Waals surface area contributed by atoms with Crippen molar-refractivity contribution in [2.45, 2.75) is 19.4 Å². The van der Waals surface area contributed by atoms with Gasteiger partial charge in [0.05, 0.1) is 28.2 Å². The highest BCUT2D eigenvalue weighted by Gasteiger charge is 2.23. The molecule has 3 aromatic heterocycles. The van der Waals surface area contributed by atoms with Crippen LogP contribution < -0.4 is 22.3 Å². The Labute approximate surface area is 180 Å². The molecule has 1 unspecified atom stereocenters. The number of aromatic amines is 1. The Balaban J connectivity index is 1.94. The number of hydrogen-bond acceptors (Lipinski definition) is 8. The van der Waals surface area contributed by atoms with Crippen LogP contribution in [0.2, 0.25) is 10.0 Å². The van der Waals surface area contributed by atoms with Gasteiger partial charge in [0.1, 0.15) is 22.5 Å². The number of halogens is 2. The van der Waals surface area contributed by atoms with Crippen molar-refractivity contribution >= 4 is 51.7 Å². The van der Waals surface area contributed by atoms with Crippen LogP contribution in [0.1, 0.15) is 25.2 Å². The third-order valence-corrected chi connectivity index (χ3v) is 5.21. The van der Waals surface area contributed by atoms with Gasteiger partial charge >= 0.3 is 0 Å². The molecule has 10 nitrogen and oxygen atoms in total. The molecule has 0 saturated heterocycles. The highest BCUT2D eigenvalue weighted by molar-refractivity contribution is 6.35. The summed E-state index contributed by atoms with van der Waals surface area (Å²) in [6, 6.07) is 6.29. The molecule has 4 aromatic rings. The molecule has 0 aliphatic rings. The normalized spacial score (nSPS) is 12.2. The van der Waals surface area contributed by atoms with Gasteiger partial charge in [0.25, 0.3) is 5.56 Å². The summed E-state index contributed by atoms with van der Waals surface area (Å²) in [7, 11) is 0. The Kier molecular flexibility index (Phi) is 5.18. The Morgan fingerprint density at radius 2 is 2.00 bits per heavy atom. The Morgan fingerprint density at radius 3 is 2.70 bits per heavy atom. The number of benzene rings is 1. The lowest BCUT2D eigenvalue weighted by Gasteiger charge is -2.22. The van der Waals surface area contributed by atoms with Gasteiger partial charge in [-0.25, -0.2) is 9.55 Å². The smallest absolute Gasteiger partial charge is 0.268 e. The molecule has 30 heavy (non-hydrogen) atoms. The monoisotopic (exact) mass is 445 g/mol. The van der Waals surface area contributed by atoms with Crippen LogP contribution in [0.25, 0.3) is 16.7 Å². The first-order valence-electron chi connectivity index (χ1n) is 8.96. The van der Waals surface area contributed by atoms with Gasteiger partial charge < -0.3 is 16.8 Å². The molecule has 3 heterocycles. The van der Waals surface area contributed by atoms with Gasteiger partial charge in [-0.3, -0.25) is 9.89 Å². The maximum absolute atomic E-state index is 13.4. The molecule has 0 radical (unpaired) electrons. The Morgan fingerprint density at radius 1 is 1.20 bits per heavy atom. The van der Waals surface area contributed by atoms with Crippen molar-refractivity contribution in [1.82, 2.24) is 29.7 Å². The molecule has 1 atom stereocenters. The van der Waals surface area contributed by atoms with Crippen molar-refractivity contribution < 1.29 is 0 Å². The van der Waals surface area contributed by atoms with Gasteiger partial charge in [-0.15, -0.1) is 0 Å². The number of rotatable bonds is 5. The first-order valence-corrected chi connectivity index (χ1v) is 9.72. The van der Waals surface area contributed by atoms with E-state index < -0.39 is 6.04 Å². The first-order chi connectivity index (χ1) is 14.4. The van der Waals surface area contributed by atoms with E-state index in [-0.39, 0.29) is 28.2 Å². The zero-order valence-electron chi connectivity index (χ0n) is 15.7. The minimum atomic E-state index is -0.476. The predicted octanol–water partition coefficient (Wildman–Crippen LogP) is 2.93. The average Bonchev–Trinajstić information content (AvgIpc) is 3.23. The summed E-state index contributed by atoms with van der Waals surface area (Å²) in [5.74, 6) is 1.11. The van der Waals surface area contributed by atoms with Gasteiger partial charge in [-0.1, -0.05) is 36.2 Å². The van der Waals surface area contributed by atoms with Crippen LogP contribution in [0.5, 0.6) is 0 Å². The molecule has 0 aliphatic heterocycles. The lowest BCUT2D eigenvalue weighted by Crippen LogP contribution is -2.29. The van der Waals surface area contributed by atoms with Crippen LogP contribution >= 0.6 is 23.2 Å². The number of nitrogens with one attached hydrogen (secondary N) is 2. The highest BCUT2D eigenvalue weighted by Crippen LogP contribution is 2.30. The molecule has 4 rings (SSSR count). The number of nitrogens with zero attached hydrogens (tertiary/aromatic N) is 5. The van der Waals surface area contributed by atoms with Crippen molar-refractivity contribution in [1.29, 1.82) is 0 Å². The minimum Gasteiger partial charge on any atom is -0.382 e. The van der Waals surface area contributed by atoms with Gasteiger partial charge in [0.15, 0.2) is 5.82 Å². The third kappa shape index (κ3) is 3.40. The highest BCUT2D eigenvalue weighted by atomic mass is 35.5. The Bertz CT molecular complexity index is 1290. The van der Waals surface area contributed by atoms with Crippen LogP contribution in [-0.2, 0) is 0 Å². The quantitative estimate of drug-likeness (QED) is 0.365. The van der Waals surface area contributed by atoms with E-state index in [0.717, 1.165) is 0 Å². The number of aromatic nitrogens is 6. The standard InChI is InChI=1S/C18H17Cl2N9O/c1-2-9(24-15-13(20)14(21)26-18(22)27-15)16-25-10-5-3-4-8(19)12(10)17(30)29(16)11-6-7-23-28-11/h3-7,9H,2H2,1H3,(H,23,28)(H5,21,22,24,26,27). The summed E-state index contributed by atoms with van der Waals surface area (Å²) in [5.41, 5.74) is 11.6. The topological polar surface area (TPSA) is 153 Å². The zero-order valence-corrected chi connectivity index (χ0v) is 17.2. The molecular weight excluding hydrogens is 429 g/mol. The van der Waals surface area contributed by atoms with E-state index in [1.807, 2.05) is 6.92 Å². The van der Waals surface area contributed by atoms with Gasteiger partial charge in [-0.05, 0) is 18.6 Å². The van der Waals surface area contributed by atoms with Crippen molar-refractivity contribution in [3.63, 3.8) is 0 Å². The van der Waals surface area contributed by atoms with E-state index in [4.69, 9.17) is 39.7 Å². The van der Waals surface area contributed by atoms with E-state index in [1.54, 1.807) is 30.5 Å². The number of fused-ring (bicyclic) bond motifs is 1. The van der Waals surface area contributed by atoms with Crippen molar-refractivity contribution in [2.75, 3.05) is 16.8 Å². The van der Waals surface area contributed by atoms with Crippen LogP contribution in [0.15, 0.2) is 35.3 Å². The van der Waals surface area contributed by atoms with Crippen LogP contribution in [0.3, 0.4) is 0 Å². The maximum Gasteiger partial charge on any atom is 0.268 e. The summed E-state index contributed by atoms with van der Waals surface area (Å²) in [4.78, 5) is 26.1. The summed E-state index contributed by atoms with van der Waals surface area (Å²) in [5, 5.41) is 10.7. The summed E-state index contributed by atoms with van der Waals surface area (Å²) in [6.45, 7) is 1.92. The number of H-pyrrole nitrogens is 1. The SMILES string of the molecule is CCC(Nc1nc(N)nc(N)c1Cl)c1nc2cccc(Cl)c2c(=O)n1-c1ccn[nH]1. The summed E-state index contributed by atoms with van der Waals surface area (Å²) >= 11 is 12.5. The van der Waals surface area contributed by atoms with E-state index in [1.165, 1.54) is 4.57 Å². The fourth-order valence-corrected chi connectivity index (χ4v) is 3.53. The largest absolute Gasteiger partial charge is 0.382 e. The second-order valence-electron chi connectivity index (χ2n) is 6.42. The summed E-state index contributed by atoms with van der Waals surface area (Å²) < 4.78 is 1.42. The number of nitrogen functional groups attached to an aromatic ring is 2. The van der Waals surface area contributed by atoms with E-state index >= 15 is 0 Å². The molecule has 6 N–H and O–H groups in total. The lowest BCUT2D eigenvalue weighted by atomic mass is 10.1. The average molecular weight is 446 g/mol. The van der Waals surface area contributed by atoms with Crippen molar-refractivity contribution in [2.24, 2.45) is 0 Å². The van der Waals surface area contributed by atoms with Gasteiger partial charge in [0, 0.05) is 6.07 Å². The van der Waals surface area contributed by atoms with E-state index in [2.05, 4.69) is 25.5 Å². The fraction of sp³-hybridized carbons (Fsp3) is 0.167. The first kappa shape index (κ1) is 19.9. The maximum atomic E-state index is 13.4. The van der Waals surface area contributed by atoms with Crippen LogP contribution in [-0.4, -0.2) is 29.7 Å². The van der Waals surface area contributed by atoms with Crippen LogP contribution in [0, 0.1) is 0 Å². The lowest BCUT2D eigenvalue weighted by molar-refractivity contribution is 0.653. The molecule has 0 bridgehead atoms. The third-order valence-electron chi connectivity index (χ3n) is 4.52. The molecule has 0 amide bonds. The second kappa shape index (κ2) is 7.81. The Hall–Kier alpha value is -3.37. The molecule has 0 saturated carbocycles. The predicted molar refractivity (Wildman–Crippen MR) is 117 cm³/mol. The zero-order chi connectivity index (χ0) is 21.4. The number of hydrogen-bond donors (Lipinski definition) is 4. The molecule has 154 valence electrons. The van der Waals surface area contributed by atoms with E-state index in [9.17, 15) is 4.79 Å². The molecular formula is C18H17Cl2N9O. The fourth-order valence-electron chi connectivity index (χ4n) is 3.14. The number of nitrogens with two attached hydrogens (primary N) is 2.